The van der Waals surface area contributed by atoms with Gasteiger partial charge in [0.05, 0.1) is 6.54 Å². The van der Waals surface area contributed by atoms with Gasteiger partial charge in [-0.05, 0) is 57.6 Å². The fourth-order valence-corrected chi connectivity index (χ4v) is 4.23. The standard InChI is InChI=1S/C31H29N3O2/c1-22(2)24-13-15-28(16-14-24)36-21-23-7-5-10-26(19-23)31(35)32-30-17-18-34(33-30)20-27-11-6-9-25-8-3-4-12-29(25)27/h3-19,22H,20-21H2,1-2H3,(H,32,33,35). The van der Waals surface area contributed by atoms with Crippen LogP contribution in [0.3, 0.4) is 0 Å². The topological polar surface area (TPSA) is 56.1 Å². The SMILES string of the molecule is CC(C)c1ccc(OCc2cccc(C(=O)Nc3ccn(Cc4cccc5ccccc45)n3)c2)cc1. The largest absolute Gasteiger partial charge is 0.489 e. The molecule has 5 rings (SSSR count). The third-order valence-electron chi connectivity index (χ3n) is 6.24. The number of nitrogens with one attached hydrogen (secondary N) is 1. The predicted octanol–water partition coefficient (Wildman–Crippen LogP) is 7.04. The number of benzene rings is 4. The molecule has 0 saturated heterocycles. The Balaban J connectivity index is 1.21. The maximum absolute atomic E-state index is 12.9. The highest BCUT2D eigenvalue weighted by Crippen LogP contribution is 2.21. The Labute approximate surface area is 211 Å². The van der Waals surface area contributed by atoms with Crippen molar-refractivity contribution in [1.82, 2.24) is 9.78 Å². The second-order valence-electron chi connectivity index (χ2n) is 9.20. The summed E-state index contributed by atoms with van der Waals surface area (Å²) in [4.78, 5) is 12.9. The van der Waals surface area contributed by atoms with Crippen LogP contribution in [0.5, 0.6) is 5.75 Å². The fraction of sp³-hybridized carbons (Fsp3) is 0.161. The molecule has 0 saturated carbocycles. The van der Waals surface area contributed by atoms with Gasteiger partial charge in [0.25, 0.3) is 5.91 Å². The van der Waals surface area contributed by atoms with E-state index in [4.69, 9.17) is 4.74 Å². The maximum atomic E-state index is 12.9. The minimum absolute atomic E-state index is 0.200. The van der Waals surface area contributed by atoms with Crippen molar-refractivity contribution in [2.24, 2.45) is 0 Å². The molecule has 0 radical (unpaired) electrons. The number of carbonyl (C=O) groups is 1. The van der Waals surface area contributed by atoms with Gasteiger partial charge in [-0.1, -0.05) is 80.6 Å². The minimum atomic E-state index is -0.200. The Kier molecular flexibility index (Phi) is 6.80. The molecule has 0 bridgehead atoms. The average Bonchev–Trinajstić information content (AvgIpc) is 3.34. The van der Waals surface area contributed by atoms with Gasteiger partial charge in [-0.2, -0.15) is 5.10 Å². The van der Waals surface area contributed by atoms with Crippen molar-refractivity contribution in [2.45, 2.75) is 32.9 Å². The molecule has 1 N–H and O–H groups in total. The normalized spacial score (nSPS) is 11.1. The van der Waals surface area contributed by atoms with E-state index in [0.29, 0.717) is 30.5 Å². The summed E-state index contributed by atoms with van der Waals surface area (Å²) >= 11 is 0. The molecule has 1 aromatic heterocycles. The van der Waals surface area contributed by atoms with Crippen molar-refractivity contribution >= 4 is 22.5 Å². The van der Waals surface area contributed by atoms with Gasteiger partial charge in [0, 0.05) is 17.8 Å². The molecule has 180 valence electrons. The van der Waals surface area contributed by atoms with E-state index in [1.54, 1.807) is 6.07 Å². The molecule has 5 aromatic rings. The van der Waals surface area contributed by atoms with E-state index in [1.165, 1.54) is 21.9 Å². The van der Waals surface area contributed by atoms with Gasteiger partial charge >= 0.3 is 0 Å². The van der Waals surface area contributed by atoms with Gasteiger partial charge in [-0.15, -0.1) is 0 Å². The van der Waals surface area contributed by atoms with Crippen molar-refractivity contribution in [2.75, 3.05) is 5.32 Å². The molecule has 0 unspecified atom stereocenters. The highest BCUT2D eigenvalue weighted by molar-refractivity contribution is 6.03. The van der Waals surface area contributed by atoms with E-state index in [0.717, 1.165) is 11.3 Å². The molecule has 1 amide bonds. The number of ether oxygens (including phenoxy) is 1. The molecule has 1 heterocycles. The first-order valence-electron chi connectivity index (χ1n) is 12.2. The van der Waals surface area contributed by atoms with Crippen molar-refractivity contribution in [3.8, 4) is 5.75 Å². The lowest BCUT2D eigenvalue weighted by molar-refractivity contribution is 0.102. The molecule has 0 aliphatic carbocycles. The van der Waals surface area contributed by atoms with Crippen molar-refractivity contribution in [3.63, 3.8) is 0 Å². The van der Waals surface area contributed by atoms with E-state index in [1.807, 2.05) is 59.4 Å². The molecule has 4 aromatic carbocycles. The van der Waals surface area contributed by atoms with Gasteiger partial charge in [0.1, 0.15) is 12.4 Å². The van der Waals surface area contributed by atoms with Gasteiger partial charge in [0.2, 0.25) is 0 Å². The van der Waals surface area contributed by atoms with Gasteiger partial charge in [0.15, 0.2) is 5.82 Å². The number of hydrogen-bond acceptors (Lipinski definition) is 3. The lowest BCUT2D eigenvalue weighted by atomic mass is 10.0. The van der Waals surface area contributed by atoms with Gasteiger partial charge in [-0.3, -0.25) is 9.48 Å². The summed E-state index contributed by atoms with van der Waals surface area (Å²) in [6, 6.07) is 32.0. The second-order valence-corrected chi connectivity index (χ2v) is 9.20. The van der Waals surface area contributed by atoms with Crippen LogP contribution in [-0.4, -0.2) is 15.7 Å². The Hall–Kier alpha value is -4.38. The first-order chi connectivity index (χ1) is 17.5. The van der Waals surface area contributed by atoms with Crippen LogP contribution in [0, 0.1) is 0 Å². The zero-order valence-electron chi connectivity index (χ0n) is 20.5. The Bertz CT molecular complexity index is 1480. The van der Waals surface area contributed by atoms with Crippen molar-refractivity contribution in [3.05, 3.63) is 126 Å². The molecule has 0 aliphatic heterocycles. The molecular formula is C31H29N3O2. The van der Waals surface area contributed by atoms with E-state index in [2.05, 4.69) is 66.7 Å². The van der Waals surface area contributed by atoms with Crippen molar-refractivity contribution in [1.29, 1.82) is 0 Å². The summed E-state index contributed by atoms with van der Waals surface area (Å²) in [7, 11) is 0. The van der Waals surface area contributed by atoms with Gasteiger partial charge < -0.3 is 10.1 Å². The van der Waals surface area contributed by atoms with Crippen LogP contribution in [0.1, 0.15) is 46.8 Å². The lowest BCUT2D eigenvalue weighted by Gasteiger charge is -2.10. The van der Waals surface area contributed by atoms with E-state index in [9.17, 15) is 4.79 Å². The number of fused-ring (bicyclic) bond motifs is 1. The second kappa shape index (κ2) is 10.5. The number of nitrogens with zero attached hydrogens (tertiary/aromatic N) is 2. The summed E-state index contributed by atoms with van der Waals surface area (Å²) in [6.45, 7) is 5.36. The quantitative estimate of drug-likeness (QED) is 0.262. The third-order valence-corrected chi connectivity index (χ3v) is 6.24. The highest BCUT2D eigenvalue weighted by Gasteiger charge is 2.10. The van der Waals surface area contributed by atoms with Crippen LogP contribution < -0.4 is 10.1 Å². The smallest absolute Gasteiger partial charge is 0.256 e. The van der Waals surface area contributed by atoms with Crippen LogP contribution in [0.25, 0.3) is 10.8 Å². The first-order valence-corrected chi connectivity index (χ1v) is 12.2. The minimum Gasteiger partial charge on any atom is -0.489 e. The summed E-state index contributed by atoms with van der Waals surface area (Å²) in [5.74, 6) is 1.62. The molecule has 0 spiro atoms. The summed E-state index contributed by atoms with van der Waals surface area (Å²) in [6.07, 6.45) is 1.88. The number of hydrogen-bond donors (Lipinski definition) is 1. The van der Waals surface area contributed by atoms with Gasteiger partial charge in [-0.25, -0.2) is 0 Å². The monoisotopic (exact) mass is 475 g/mol. The molecule has 0 atom stereocenters. The molecule has 0 aliphatic rings. The number of amides is 1. The first kappa shape index (κ1) is 23.4. The maximum Gasteiger partial charge on any atom is 0.256 e. The summed E-state index contributed by atoms with van der Waals surface area (Å²) in [5, 5.41) is 9.87. The van der Waals surface area contributed by atoms with Crippen LogP contribution in [-0.2, 0) is 13.2 Å². The number of rotatable bonds is 8. The Morgan fingerprint density at radius 1 is 0.917 bits per heavy atom. The van der Waals surface area contributed by atoms with Crippen molar-refractivity contribution < 1.29 is 9.53 Å². The van der Waals surface area contributed by atoms with Crippen LogP contribution in [0.4, 0.5) is 5.82 Å². The molecule has 0 fully saturated rings. The highest BCUT2D eigenvalue weighted by atomic mass is 16.5. The van der Waals surface area contributed by atoms with E-state index < -0.39 is 0 Å². The fourth-order valence-electron chi connectivity index (χ4n) is 4.23. The lowest BCUT2D eigenvalue weighted by Crippen LogP contribution is -2.13. The molecular weight excluding hydrogens is 446 g/mol. The number of anilines is 1. The Morgan fingerprint density at radius 2 is 1.69 bits per heavy atom. The van der Waals surface area contributed by atoms with Crippen LogP contribution in [0.15, 0.2) is 103 Å². The molecule has 36 heavy (non-hydrogen) atoms. The summed E-state index contributed by atoms with van der Waals surface area (Å²) in [5.41, 5.74) is 3.95. The number of aromatic nitrogens is 2. The predicted molar refractivity (Wildman–Crippen MR) is 145 cm³/mol. The Morgan fingerprint density at radius 3 is 2.53 bits per heavy atom. The third kappa shape index (κ3) is 5.47. The average molecular weight is 476 g/mol. The molecule has 5 nitrogen and oxygen atoms in total. The van der Waals surface area contributed by atoms with E-state index in [-0.39, 0.29) is 5.91 Å². The zero-order valence-corrected chi connectivity index (χ0v) is 20.5. The van der Waals surface area contributed by atoms with Crippen LogP contribution in [0.2, 0.25) is 0 Å². The summed E-state index contributed by atoms with van der Waals surface area (Å²) < 4.78 is 7.76. The van der Waals surface area contributed by atoms with E-state index >= 15 is 0 Å². The zero-order chi connectivity index (χ0) is 24.9. The van der Waals surface area contributed by atoms with Crippen LogP contribution >= 0.6 is 0 Å². The number of carbonyl (C=O) groups excluding carboxylic acids is 1. The molecule has 5 heteroatoms.